The lowest BCUT2D eigenvalue weighted by atomic mass is 10.3. The van der Waals surface area contributed by atoms with Gasteiger partial charge in [-0.05, 0) is 31.2 Å². The average Bonchev–Trinajstić information content (AvgIpc) is 2.87. The first-order chi connectivity index (χ1) is 10.2. The molecule has 0 aliphatic heterocycles. The Labute approximate surface area is 125 Å². The van der Waals surface area contributed by atoms with E-state index < -0.39 is 0 Å². The third-order valence-electron chi connectivity index (χ3n) is 3.07. The minimum Gasteiger partial charge on any atom is -0.497 e. The number of fused-ring (bicyclic) bond motifs is 1. The molecule has 0 amide bonds. The van der Waals surface area contributed by atoms with Gasteiger partial charge in [0, 0.05) is 17.1 Å². The number of ether oxygens (including phenoxy) is 2. The van der Waals surface area contributed by atoms with Crippen molar-refractivity contribution in [2.45, 2.75) is 13.5 Å². The second-order valence-corrected chi connectivity index (χ2v) is 5.38. The topological polar surface area (TPSA) is 52.8 Å². The summed E-state index contributed by atoms with van der Waals surface area (Å²) in [6.45, 7) is 2.15. The largest absolute Gasteiger partial charge is 0.497 e. The molecule has 0 saturated carbocycles. The fourth-order valence-corrected chi connectivity index (χ4v) is 2.89. The number of methoxy groups -OCH3 is 1. The Morgan fingerprint density at radius 1 is 1.24 bits per heavy atom. The van der Waals surface area contributed by atoms with Gasteiger partial charge >= 0.3 is 0 Å². The Balaban J connectivity index is 1.80. The molecule has 3 rings (SSSR count). The van der Waals surface area contributed by atoms with Gasteiger partial charge in [0.2, 0.25) is 0 Å². The van der Waals surface area contributed by atoms with Crippen LogP contribution in [-0.4, -0.2) is 16.5 Å². The van der Waals surface area contributed by atoms with Gasteiger partial charge in [0.05, 0.1) is 12.8 Å². The van der Waals surface area contributed by atoms with E-state index >= 15 is 0 Å². The lowest BCUT2D eigenvalue weighted by Crippen LogP contribution is -2.15. The number of benzene rings is 1. The van der Waals surface area contributed by atoms with E-state index in [0.29, 0.717) is 16.4 Å². The van der Waals surface area contributed by atoms with Crippen molar-refractivity contribution in [2.24, 2.45) is 0 Å². The number of hydrogen-bond donors (Lipinski definition) is 0. The van der Waals surface area contributed by atoms with Crippen molar-refractivity contribution < 1.29 is 9.47 Å². The zero-order valence-electron chi connectivity index (χ0n) is 11.7. The SMILES string of the molecule is COc1ccc(OCc2cc(=O)n3c(C)csc3n2)cc1. The number of nitrogens with zero attached hydrogens (tertiary/aromatic N) is 2. The molecule has 0 aliphatic rings. The highest BCUT2D eigenvalue weighted by Crippen LogP contribution is 2.18. The molecule has 108 valence electrons. The molecular formula is C15H14N2O3S. The minimum absolute atomic E-state index is 0.0768. The number of aromatic nitrogens is 2. The normalized spacial score (nSPS) is 10.8. The van der Waals surface area contributed by atoms with Crippen LogP contribution in [0, 0.1) is 6.92 Å². The molecule has 2 heterocycles. The number of rotatable bonds is 4. The Bertz CT molecular complexity index is 821. The van der Waals surface area contributed by atoms with Gasteiger partial charge in [-0.1, -0.05) is 0 Å². The molecule has 2 aromatic heterocycles. The van der Waals surface area contributed by atoms with E-state index in [4.69, 9.17) is 9.47 Å². The van der Waals surface area contributed by atoms with E-state index in [2.05, 4.69) is 4.98 Å². The summed E-state index contributed by atoms with van der Waals surface area (Å²) >= 11 is 1.45. The van der Waals surface area contributed by atoms with Crippen LogP contribution in [0.25, 0.3) is 4.96 Å². The van der Waals surface area contributed by atoms with E-state index in [1.807, 2.05) is 36.6 Å². The van der Waals surface area contributed by atoms with Crippen molar-refractivity contribution in [2.75, 3.05) is 7.11 Å². The molecule has 5 nitrogen and oxygen atoms in total. The summed E-state index contributed by atoms with van der Waals surface area (Å²) in [5.74, 6) is 1.48. The highest BCUT2D eigenvalue weighted by atomic mass is 32.1. The van der Waals surface area contributed by atoms with Crippen molar-refractivity contribution >= 4 is 16.3 Å². The Morgan fingerprint density at radius 2 is 1.95 bits per heavy atom. The van der Waals surface area contributed by atoms with Crippen LogP contribution in [-0.2, 0) is 6.61 Å². The standard InChI is InChI=1S/C15H14N2O3S/c1-10-9-21-15-16-11(7-14(18)17(10)15)8-20-13-5-3-12(19-2)4-6-13/h3-7,9H,8H2,1-2H3. The first kappa shape index (κ1) is 13.6. The van der Waals surface area contributed by atoms with Crippen molar-refractivity contribution in [1.82, 2.24) is 9.38 Å². The fraction of sp³-hybridized carbons (Fsp3) is 0.200. The first-order valence-corrected chi connectivity index (χ1v) is 7.29. The van der Waals surface area contributed by atoms with Gasteiger partial charge < -0.3 is 9.47 Å². The Hall–Kier alpha value is -2.34. The summed E-state index contributed by atoms with van der Waals surface area (Å²) in [5, 5.41) is 1.91. The zero-order chi connectivity index (χ0) is 14.8. The van der Waals surface area contributed by atoms with Crippen LogP contribution in [0.3, 0.4) is 0 Å². The number of thiazole rings is 1. The van der Waals surface area contributed by atoms with Crippen LogP contribution in [0.4, 0.5) is 0 Å². The highest BCUT2D eigenvalue weighted by Gasteiger charge is 2.07. The molecule has 3 aromatic rings. The molecule has 0 aliphatic carbocycles. The van der Waals surface area contributed by atoms with Gasteiger partial charge in [-0.15, -0.1) is 11.3 Å². The molecule has 0 N–H and O–H groups in total. The monoisotopic (exact) mass is 302 g/mol. The van der Waals surface area contributed by atoms with Crippen LogP contribution < -0.4 is 15.0 Å². The summed E-state index contributed by atoms with van der Waals surface area (Å²) in [6.07, 6.45) is 0. The van der Waals surface area contributed by atoms with Crippen LogP contribution >= 0.6 is 11.3 Å². The predicted octanol–water partition coefficient (Wildman–Crippen LogP) is 2.65. The van der Waals surface area contributed by atoms with Gasteiger partial charge in [0.25, 0.3) is 5.56 Å². The fourth-order valence-electron chi connectivity index (χ4n) is 2.00. The third-order valence-corrected chi connectivity index (χ3v) is 4.02. The van der Waals surface area contributed by atoms with Crippen LogP contribution in [0.15, 0.2) is 40.5 Å². The zero-order valence-corrected chi connectivity index (χ0v) is 12.5. The van der Waals surface area contributed by atoms with Crippen molar-refractivity contribution in [3.8, 4) is 11.5 Å². The summed E-state index contributed by atoms with van der Waals surface area (Å²) in [7, 11) is 1.62. The Kier molecular flexibility index (Phi) is 3.62. The third kappa shape index (κ3) is 2.75. The maximum Gasteiger partial charge on any atom is 0.259 e. The van der Waals surface area contributed by atoms with Crippen molar-refractivity contribution in [3.63, 3.8) is 0 Å². The smallest absolute Gasteiger partial charge is 0.259 e. The molecule has 6 heteroatoms. The second-order valence-electron chi connectivity index (χ2n) is 4.54. The molecule has 0 fully saturated rings. The molecule has 21 heavy (non-hydrogen) atoms. The second kappa shape index (κ2) is 5.57. The lowest BCUT2D eigenvalue weighted by molar-refractivity contribution is 0.300. The number of aryl methyl sites for hydroxylation is 1. The van der Waals surface area contributed by atoms with Gasteiger partial charge in [-0.2, -0.15) is 0 Å². The number of hydrogen-bond acceptors (Lipinski definition) is 5. The quantitative estimate of drug-likeness (QED) is 0.743. The predicted molar refractivity (Wildman–Crippen MR) is 81.4 cm³/mol. The van der Waals surface area contributed by atoms with Crippen LogP contribution in [0.1, 0.15) is 11.4 Å². The van der Waals surface area contributed by atoms with Crippen LogP contribution in [0.5, 0.6) is 11.5 Å². The minimum atomic E-state index is -0.0768. The maximum absolute atomic E-state index is 12.0. The van der Waals surface area contributed by atoms with E-state index in [-0.39, 0.29) is 12.2 Å². The Morgan fingerprint density at radius 3 is 2.67 bits per heavy atom. The van der Waals surface area contributed by atoms with Crippen molar-refractivity contribution in [1.29, 1.82) is 0 Å². The molecule has 1 aromatic carbocycles. The van der Waals surface area contributed by atoms with Crippen molar-refractivity contribution in [3.05, 3.63) is 57.5 Å². The van der Waals surface area contributed by atoms with Crippen LogP contribution in [0.2, 0.25) is 0 Å². The molecule has 0 atom stereocenters. The molecule has 0 saturated heterocycles. The van der Waals surface area contributed by atoms with E-state index in [1.54, 1.807) is 11.5 Å². The average molecular weight is 302 g/mol. The van der Waals surface area contributed by atoms with E-state index in [1.165, 1.54) is 17.4 Å². The highest BCUT2D eigenvalue weighted by molar-refractivity contribution is 7.15. The first-order valence-electron chi connectivity index (χ1n) is 6.41. The van der Waals surface area contributed by atoms with Gasteiger partial charge in [-0.3, -0.25) is 9.20 Å². The van der Waals surface area contributed by atoms with E-state index in [9.17, 15) is 4.79 Å². The molecule has 0 unspecified atom stereocenters. The molecule has 0 spiro atoms. The van der Waals surface area contributed by atoms with Gasteiger partial charge in [0.15, 0.2) is 4.96 Å². The summed E-state index contributed by atoms with van der Waals surface area (Å²) in [5.41, 5.74) is 1.44. The lowest BCUT2D eigenvalue weighted by Gasteiger charge is -2.06. The summed E-state index contributed by atoms with van der Waals surface area (Å²) in [4.78, 5) is 17.2. The maximum atomic E-state index is 12.0. The molecule has 0 bridgehead atoms. The summed E-state index contributed by atoms with van der Waals surface area (Å²) < 4.78 is 12.3. The summed E-state index contributed by atoms with van der Waals surface area (Å²) in [6, 6.07) is 8.79. The van der Waals surface area contributed by atoms with Gasteiger partial charge in [0.1, 0.15) is 18.1 Å². The van der Waals surface area contributed by atoms with Gasteiger partial charge in [-0.25, -0.2) is 4.98 Å². The molecule has 0 radical (unpaired) electrons. The molecular weight excluding hydrogens is 288 g/mol. The van der Waals surface area contributed by atoms with E-state index in [0.717, 1.165) is 11.4 Å².